The zero-order valence-corrected chi connectivity index (χ0v) is 11.9. The van der Waals surface area contributed by atoms with Gasteiger partial charge in [-0.25, -0.2) is 0 Å². The summed E-state index contributed by atoms with van der Waals surface area (Å²) in [5, 5.41) is 0. The summed E-state index contributed by atoms with van der Waals surface area (Å²) >= 11 is 0. The van der Waals surface area contributed by atoms with Crippen LogP contribution in [-0.2, 0) is 6.42 Å². The third kappa shape index (κ3) is 4.40. The summed E-state index contributed by atoms with van der Waals surface area (Å²) in [5.41, 5.74) is 3.84. The van der Waals surface area contributed by atoms with Crippen molar-refractivity contribution < 1.29 is 0 Å². The molecule has 0 aliphatic heterocycles. The van der Waals surface area contributed by atoms with Crippen molar-refractivity contribution in [3.8, 4) is 0 Å². The Morgan fingerprint density at radius 1 is 0.850 bits per heavy atom. The van der Waals surface area contributed by atoms with Crippen molar-refractivity contribution in [3.63, 3.8) is 0 Å². The molecule has 0 radical (unpaired) electrons. The van der Waals surface area contributed by atoms with Gasteiger partial charge in [0.2, 0.25) is 0 Å². The second-order valence-corrected chi connectivity index (χ2v) is 4.59. The molecular weight excluding hydrogens is 240 g/mol. The molecule has 0 fully saturated rings. The van der Waals surface area contributed by atoms with Crippen molar-refractivity contribution in [2.45, 2.75) is 13.3 Å². The van der Waals surface area contributed by atoms with E-state index in [-0.39, 0.29) is 0 Å². The summed E-state index contributed by atoms with van der Waals surface area (Å²) in [5.74, 6) is 0. The molecule has 0 atom stereocenters. The predicted octanol–water partition coefficient (Wildman–Crippen LogP) is 5.45. The van der Waals surface area contributed by atoms with E-state index in [1.165, 1.54) is 16.7 Å². The molecule has 0 aliphatic rings. The van der Waals surface area contributed by atoms with Gasteiger partial charge in [0.1, 0.15) is 0 Å². The van der Waals surface area contributed by atoms with Gasteiger partial charge in [-0.15, -0.1) is 0 Å². The molecule has 0 saturated heterocycles. The Hall–Kier alpha value is -2.34. The van der Waals surface area contributed by atoms with Crippen LogP contribution in [0.4, 0.5) is 0 Å². The number of benzene rings is 2. The first-order valence-electron chi connectivity index (χ1n) is 6.99. The minimum atomic E-state index is 0.974. The van der Waals surface area contributed by atoms with Crippen LogP contribution < -0.4 is 0 Å². The molecule has 0 aliphatic carbocycles. The highest BCUT2D eigenvalue weighted by Gasteiger charge is 1.93. The van der Waals surface area contributed by atoms with E-state index in [2.05, 4.69) is 85.8 Å². The van der Waals surface area contributed by atoms with Crippen LogP contribution in [-0.4, -0.2) is 0 Å². The van der Waals surface area contributed by atoms with Gasteiger partial charge in [-0.1, -0.05) is 91.0 Å². The van der Waals surface area contributed by atoms with E-state index >= 15 is 0 Å². The van der Waals surface area contributed by atoms with E-state index in [0.717, 1.165) is 6.42 Å². The molecular formula is C20H20. The van der Waals surface area contributed by atoms with Gasteiger partial charge in [0.05, 0.1) is 0 Å². The van der Waals surface area contributed by atoms with E-state index in [1.807, 2.05) is 12.1 Å². The number of rotatable bonds is 5. The van der Waals surface area contributed by atoms with Gasteiger partial charge >= 0.3 is 0 Å². The summed E-state index contributed by atoms with van der Waals surface area (Å²) in [6.45, 7) is 2.07. The number of allylic oxidation sites excluding steroid dienone is 6. The molecule has 0 amide bonds. The summed E-state index contributed by atoms with van der Waals surface area (Å²) in [6, 6.07) is 20.9. The van der Waals surface area contributed by atoms with Crippen LogP contribution in [0.2, 0.25) is 0 Å². The third-order valence-corrected chi connectivity index (χ3v) is 3.14. The molecule has 0 heteroatoms. The number of hydrogen-bond donors (Lipinski definition) is 0. The van der Waals surface area contributed by atoms with Crippen molar-refractivity contribution >= 4 is 5.57 Å². The molecule has 0 N–H and O–H groups in total. The quantitative estimate of drug-likeness (QED) is 0.627. The Kier molecular flexibility index (Phi) is 5.60. The zero-order chi connectivity index (χ0) is 14.0. The summed E-state index contributed by atoms with van der Waals surface area (Å²) in [6.07, 6.45) is 11.7. The molecule has 2 aromatic rings. The van der Waals surface area contributed by atoms with Gasteiger partial charge in [0.15, 0.2) is 0 Å². The van der Waals surface area contributed by atoms with Crippen molar-refractivity contribution in [1.29, 1.82) is 0 Å². The maximum absolute atomic E-state index is 2.18. The maximum Gasteiger partial charge on any atom is -0.00943 e. The highest BCUT2D eigenvalue weighted by Crippen LogP contribution is 2.15. The normalized spacial score (nSPS) is 12.3. The lowest BCUT2D eigenvalue weighted by molar-refractivity contribution is 1.27. The van der Waals surface area contributed by atoms with Crippen molar-refractivity contribution in [1.82, 2.24) is 0 Å². The van der Waals surface area contributed by atoms with Gasteiger partial charge in [0.25, 0.3) is 0 Å². The summed E-state index contributed by atoms with van der Waals surface area (Å²) in [4.78, 5) is 0. The van der Waals surface area contributed by atoms with Gasteiger partial charge in [0, 0.05) is 0 Å². The van der Waals surface area contributed by atoms with Gasteiger partial charge in [-0.05, 0) is 30.0 Å². The smallest absolute Gasteiger partial charge is 0.00943 e. The fourth-order valence-corrected chi connectivity index (χ4v) is 2.05. The average molecular weight is 260 g/mol. The van der Waals surface area contributed by atoms with Crippen LogP contribution in [0.25, 0.3) is 5.57 Å². The highest BCUT2D eigenvalue weighted by molar-refractivity contribution is 5.73. The van der Waals surface area contributed by atoms with Gasteiger partial charge in [-0.3, -0.25) is 0 Å². The minimum Gasteiger partial charge on any atom is -0.0801 e. The first kappa shape index (κ1) is 14.1. The van der Waals surface area contributed by atoms with Crippen molar-refractivity contribution in [2.75, 3.05) is 0 Å². The Morgan fingerprint density at radius 3 is 2.15 bits per heavy atom. The first-order chi connectivity index (χ1) is 9.90. The number of hydrogen-bond acceptors (Lipinski definition) is 0. The van der Waals surface area contributed by atoms with E-state index in [9.17, 15) is 0 Å². The molecule has 0 nitrogen and oxygen atoms in total. The molecule has 0 heterocycles. The molecule has 0 spiro atoms. The van der Waals surface area contributed by atoms with Gasteiger partial charge < -0.3 is 0 Å². The highest BCUT2D eigenvalue weighted by atomic mass is 14.0. The lowest BCUT2D eigenvalue weighted by Gasteiger charge is -2.00. The molecule has 100 valence electrons. The topological polar surface area (TPSA) is 0 Å². The maximum atomic E-state index is 2.18. The molecule has 2 rings (SSSR count). The van der Waals surface area contributed by atoms with Crippen LogP contribution in [0.3, 0.4) is 0 Å². The largest absolute Gasteiger partial charge is 0.0801 e. The Labute approximate surface area is 121 Å². The minimum absolute atomic E-state index is 0.974. The average Bonchev–Trinajstić information content (AvgIpc) is 2.53. The molecule has 20 heavy (non-hydrogen) atoms. The SMILES string of the molecule is C\C=C(/C=C\C=C/Cc1ccccc1)c1ccccc1. The first-order valence-corrected chi connectivity index (χ1v) is 6.99. The van der Waals surface area contributed by atoms with Crippen LogP contribution in [0.5, 0.6) is 0 Å². The standard InChI is InChI=1S/C20H20/c1-2-19(20-16-10-5-11-17-20)15-9-4-8-14-18-12-6-3-7-13-18/h2-13,15-17H,14H2,1H3/b8-4-,15-9-,19-2+. The van der Waals surface area contributed by atoms with E-state index in [4.69, 9.17) is 0 Å². The predicted molar refractivity (Wildman–Crippen MR) is 88.5 cm³/mol. The van der Waals surface area contributed by atoms with E-state index in [1.54, 1.807) is 0 Å². The second kappa shape index (κ2) is 7.96. The fourth-order valence-electron chi connectivity index (χ4n) is 2.05. The monoisotopic (exact) mass is 260 g/mol. The van der Waals surface area contributed by atoms with Crippen LogP contribution in [0.15, 0.2) is 91.0 Å². The van der Waals surface area contributed by atoms with Crippen LogP contribution >= 0.6 is 0 Å². The molecule has 2 aromatic carbocycles. The van der Waals surface area contributed by atoms with E-state index in [0.29, 0.717) is 0 Å². The van der Waals surface area contributed by atoms with E-state index < -0.39 is 0 Å². The summed E-state index contributed by atoms with van der Waals surface area (Å²) < 4.78 is 0. The fraction of sp³-hybridized carbons (Fsp3) is 0.100. The Bertz CT molecular complexity index is 586. The Morgan fingerprint density at radius 2 is 1.50 bits per heavy atom. The summed E-state index contributed by atoms with van der Waals surface area (Å²) in [7, 11) is 0. The van der Waals surface area contributed by atoms with Crippen molar-refractivity contribution in [2.24, 2.45) is 0 Å². The molecule has 0 bridgehead atoms. The molecule has 0 aromatic heterocycles. The van der Waals surface area contributed by atoms with Crippen LogP contribution in [0.1, 0.15) is 18.1 Å². The lowest BCUT2D eigenvalue weighted by Crippen LogP contribution is -1.79. The molecule has 0 saturated carbocycles. The van der Waals surface area contributed by atoms with Crippen molar-refractivity contribution in [3.05, 3.63) is 102 Å². The Balaban J connectivity index is 1.92. The lowest BCUT2D eigenvalue weighted by atomic mass is 10.1. The molecule has 0 unspecified atom stereocenters. The third-order valence-electron chi connectivity index (χ3n) is 3.14. The second-order valence-electron chi connectivity index (χ2n) is 4.59. The zero-order valence-electron chi connectivity index (χ0n) is 11.9. The van der Waals surface area contributed by atoms with Gasteiger partial charge in [-0.2, -0.15) is 0 Å². The van der Waals surface area contributed by atoms with Crippen LogP contribution in [0, 0.1) is 0 Å².